The molecule has 0 aliphatic rings. The van der Waals surface area contributed by atoms with Crippen molar-refractivity contribution in [3.8, 4) is 16.3 Å². The molecule has 0 spiro atoms. The van der Waals surface area contributed by atoms with Crippen molar-refractivity contribution in [2.45, 2.75) is 19.6 Å². The van der Waals surface area contributed by atoms with Gasteiger partial charge in [-0.25, -0.2) is 4.98 Å². The number of thiazole rings is 1. The number of aryl methyl sites for hydroxylation is 1. The van der Waals surface area contributed by atoms with Gasteiger partial charge in [0.25, 0.3) is 5.91 Å². The second-order valence-electron chi connectivity index (χ2n) is 6.34. The molecule has 2 aromatic carbocycles. The summed E-state index contributed by atoms with van der Waals surface area (Å²) in [5.74, 6) is -0.0709. The van der Waals surface area contributed by atoms with E-state index in [0.717, 1.165) is 29.0 Å². The number of rotatable bonds is 4. The predicted molar refractivity (Wildman–Crippen MR) is 101 cm³/mol. The van der Waals surface area contributed by atoms with Crippen molar-refractivity contribution in [3.05, 3.63) is 70.2 Å². The minimum atomic E-state index is -4.39. The number of hydrogen-bond acceptors (Lipinski definition) is 4. The highest BCUT2D eigenvalue weighted by molar-refractivity contribution is 7.17. The monoisotopic (exact) mass is 406 g/mol. The first-order valence-electron chi connectivity index (χ1n) is 8.33. The second kappa shape index (κ2) is 7.63. The predicted octanol–water partition coefficient (Wildman–Crippen LogP) is 5.12. The number of benzene rings is 2. The molecule has 1 heterocycles. The van der Waals surface area contributed by atoms with E-state index in [1.165, 1.54) is 17.0 Å². The van der Waals surface area contributed by atoms with Crippen LogP contribution in [-0.2, 0) is 12.7 Å². The fourth-order valence-electron chi connectivity index (χ4n) is 2.64. The number of halogens is 3. The molecular weight excluding hydrogens is 389 g/mol. The van der Waals surface area contributed by atoms with Crippen molar-refractivity contribution < 1.29 is 23.1 Å². The van der Waals surface area contributed by atoms with Gasteiger partial charge in [0, 0.05) is 19.2 Å². The second-order valence-corrected chi connectivity index (χ2v) is 7.34. The Bertz CT molecular complexity index is 980. The highest BCUT2D eigenvalue weighted by Crippen LogP contribution is 2.33. The lowest BCUT2D eigenvalue weighted by atomic mass is 10.1. The molecule has 8 heteroatoms. The number of hydrogen-bond donors (Lipinski definition) is 1. The Balaban J connectivity index is 1.79. The molecule has 3 rings (SSSR count). The van der Waals surface area contributed by atoms with E-state index in [9.17, 15) is 23.1 Å². The number of aromatic nitrogens is 1. The fourth-order valence-corrected chi connectivity index (χ4v) is 3.71. The van der Waals surface area contributed by atoms with Crippen LogP contribution < -0.4 is 0 Å². The summed E-state index contributed by atoms with van der Waals surface area (Å²) in [5, 5.41) is 9.83. The lowest BCUT2D eigenvalue weighted by Gasteiger charge is -2.16. The zero-order valence-electron chi connectivity index (χ0n) is 15.1. The maximum Gasteiger partial charge on any atom is 0.416 e. The standard InChI is InChI=1S/C20H17F3N2O2S/c1-12-17(19(27)25(2)11-13-3-9-16(26)10-4-13)28-18(24-12)14-5-7-15(8-6-14)20(21,22)23/h3-10,26H,11H2,1-2H3. The number of alkyl halides is 3. The number of phenolic OH excluding ortho intramolecular Hbond substituents is 1. The molecule has 3 aromatic rings. The van der Waals surface area contributed by atoms with Gasteiger partial charge in [0.1, 0.15) is 15.6 Å². The Morgan fingerprint density at radius 1 is 1.11 bits per heavy atom. The fraction of sp³-hybridized carbons (Fsp3) is 0.200. The molecule has 0 saturated carbocycles. The molecule has 0 atom stereocenters. The lowest BCUT2D eigenvalue weighted by molar-refractivity contribution is -0.137. The number of carbonyl (C=O) groups excluding carboxylic acids is 1. The van der Waals surface area contributed by atoms with Gasteiger partial charge >= 0.3 is 6.18 Å². The maximum absolute atomic E-state index is 12.8. The average molecular weight is 406 g/mol. The van der Waals surface area contributed by atoms with Gasteiger partial charge in [-0.15, -0.1) is 11.3 Å². The Morgan fingerprint density at radius 2 is 1.71 bits per heavy atom. The quantitative estimate of drug-likeness (QED) is 0.655. The van der Waals surface area contributed by atoms with E-state index in [1.807, 2.05) is 0 Å². The van der Waals surface area contributed by atoms with Crippen LogP contribution in [0.3, 0.4) is 0 Å². The third kappa shape index (κ3) is 4.33. The topological polar surface area (TPSA) is 53.4 Å². The van der Waals surface area contributed by atoms with Crippen molar-refractivity contribution in [2.24, 2.45) is 0 Å². The van der Waals surface area contributed by atoms with E-state index in [-0.39, 0.29) is 11.7 Å². The minimum Gasteiger partial charge on any atom is -0.508 e. The van der Waals surface area contributed by atoms with Crippen LogP contribution in [0.2, 0.25) is 0 Å². The number of phenols is 1. The molecule has 1 aromatic heterocycles. The van der Waals surface area contributed by atoms with E-state index in [2.05, 4.69) is 4.98 Å². The third-order valence-electron chi connectivity index (χ3n) is 4.15. The first kappa shape index (κ1) is 19.9. The SMILES string of the molecule is Cc1nc(-c2ccc(C(F)(F)F)cc2)sc1C(=O)N(C)Cc1ccc(O)cc1. The van der Waals surface area contributed by atoms with Gasteiger partial charge in [0.15, 0.2) is 0 Å². The van der Waals surface area contributed by atoms with Gasteiger partial charge in [0.05, 0.1) is 11.3 Å². The van der Waals surface area contributed by atoms with Crippen LogP contribution >= 0.6 is 11.3 Å². The summed E-state index contributed by atoms with van der Waals surface area (Å²) in [7, 11) is 1.66. The molecule has 0 aliphatic heterocycles. The Kier molecular flexibility index (Phi) is 5.42. The third-order valence-corrected chi connectivity index (χ3v) is 5.35. The minimum absolute atomic E-state index is 0.150. The number of carbonyl (C=O) groups is 1. The van der Waals surface area contributed by atoms with Crippen LogP contribution in [-0.4, -0.2) is 27.9 Å². The number of nitrogens with zero attached hydrogens (tertiary/aromatic N) is 2. The molecule has 0 unspecified atom stereocenters. The lowest BCUT2D eigenvalue weighted by Crippen LogP contribution is -2.26. The summed E-state index contributed by atoms with van der Waals surface area (Å²) in [6, 6.07) is 11.3. The number of amides is 1. The van der Waals surface area contributed by atoms with Gasteiger partial charge in [0.2, 0.25) is 0 Å². The van der Waals surface area contributed by atoms with Crippen molar-refractivity contribution in [3.63, 3.8) is 0 Å². The van der Waals surface area contributed by atoms with Crippen LogP contribution in [0, 0.1) is 6.92 Å². The van der Waals surface area contributed by atoms with Crippen molar-refractivity contribution >= 4 is 17.2 Å². The Hall–Kier alpha value is -2.87. The highest BCUT2D eigenvalue weighted by atomic mass is 32.1. The smallest absolute Gasteiger partial charge is 0.416 e. The molecule has 0 saturated heterocycles. The van der Waals surface area contributed by atoms with E-state index in [4.69, 9.17) is 0 Å². The molecule has 0 fully saturated rings. The normalized spacial score (nSPS) is 11.5. The zero-order chi connectivity index (χ0) is 20.5. The molecule has 146 valence electrons. The van der Waals surface area contributed by atoms with Crippen LogP contribution in [0.5, 0.6) is 5.75 Å². The summed E-state index contributed by atoms with van der Waals surface area (Å²) >= 11 is 1.15. The first-order chi connectivity index (χ1) is 13.1. The highest BCUT2D eigenvalue weighted by Gasteiger charge is 2.30. The van der Waals surface area contributed by atoms with Gasteiger partial charge in [-0.3, -0.25) is 4.79 Å². The molecule has 0 radical (unpaired) electrons. The van der Waals surface area contributed by atoms with Gasteiger partial charge in [-0.05, 0) is 36.8 Å². The zero-order valence-corrected chi connectivity index (χ0v) is 15.9. The maximum atomic E-state index is 12.8. The van der Waals surface area contributed by atoms with Crippen LogP contribution in [0.25, 0.3) is 10.6 Å². The van der Waals surface area contributed by atoms with Gasteiger partial charge < -0.3 is 10.0 Å². The molecule has 4 nitrogen and oxygen atoms in total. The Labute approximate surface area is 163 Å². The number of aromatic hydroxyl groups is 1. The molecule has 1 amide bonds. The first-order valence-corrected chi connectivity index (χ1v) is 9.15. The van der Waals surface area contributed by atoms with Crippen molar-refractivity contribution in [1.29, 1.82) is 0 Å². The molecule has 1 N–H and O–H groups in total. The molecular formula is C20H17F3N2O2S. The van der Waals surface area contributed by atoms with E-state index in [0.29, 0.717) is 27.7 Å². The molecule has 0 bridgehead atoms. The van der Waals surface area contributed by atoms with Crippen molar-refractivity contribution in [1.82, 2.24) is 9.88 Å². The molecule has 28 heavy (non-hydrogen) atoms. The van der Waals surface area contributed by atoms with Crippen LogP contribution in [0.15, 0.2) is 48.5 Å². The van der Waals surface area contributed by atoms with Crippen LogP contribution in [0.1, 0.15) is 26.5 Å². The Morgan fingerprint density at radius 3 is 2.29 bits per heavy atom. The summed E-state index contributed by atoms with van der Waals surface area (Å²) in [5.41, 5.74) is 1.19. The van der Waals surface area contributed by atoms with Crippen LogP contribution in [0.4, 0.5) is 13.2 Å². The van der Waals surface area contributed by atoms with Gasteiger partial charge in [-0.2, -0.15) is 13.2 Å². The summed E-state index contributed by atoms with van der Waals surface area (Å²) in [6.45, 7) is 2.05. The largest absolute Gasteiger partial charge is 0.508 e. The summed E-state index contributed by atoms with van der Waals surface area (Å²) in [6.07, 6.45) is -4.39. The van der Waals surface area contributed by atoms with Gasteiger partial charge in [-0.1, -0.05) is 24.3 Å². The average Bonchev–Trinajstić information content (AvgIpc) is 3.04. The van der Waals surface area contributed by atoms with E-state index >= 15 is 0 Å². The van der Waals surface area contributed by atoms with E-state index < -0.39 is 11.7 Å². The molecule has 0 aliphatic carbocycles. The van der Waals surface area contributed by atoms with Crippen molar-refractivity contribution in [2.75, 3.05) is 7.05 Å². The summed E-state index contributed by atoms with van der Waals surface area (Å²) < 4.78 is 38.1. The summed E-state index contributed by atoms with van der Waals surface area (Å²) in [4.78, 5) is 19.1. The van der Waals surface area contributed by atoms with E-state index in [1.54, 1.807) is 38.2 Å².